The lowest BCUT2D eigenvalue weighted by molar-refractivity contribution is -0.150. The van der Waals surface area contributed by atoms with Crippen LogP contribution in [-0.2, 0) is 9.53 Å². The van der Waals surface area contributed by atoms with E-state index < -0.39 is 0 Å². The topological polar surface area (TPSA) is 26.3 Å². The summed E-state index contributed by atoms with van der Waals surface area (Å²) >= 11 is 0. The molecular weight excluding hydrogens is 296 g/mol. The van der Waals surface area contributed by atoms with Crippen molar-refractivity contribution in [1.29, 1.82) is 0 Å². The van der Waals surface area contributed by atoms with Crippen molar-refractivity contribution in [3.63, 3.8) is 0 Å². The highest BCUT2D eigenvalue weighted by atomic mass is 16.5. The summed E-state index contributed by atoms with van der Waals surface area (Å²) in [6.45, 7) is 8.25. The smallest absolute Gasteiger partial charge is 0.309 e. The molecule has 0 amide bonds. The fraction of sp³-hybridized carbons (Fsp3) is 0.318. The van der Waals surface area contributed by atoms with E-state index in [1.807, 2.05) is 12.1 Å². The maximum atomic E-state index is 12.5. The van der Waals surface area contributed by atoms with Gasteiger partial charge in [-0.15, -0.1) is 6.58 Å². The monoisotopic (exact) mass is 320 g/mol. The SMILES string of the molecule is C=CCC(C(=O)OCC1c2ccccc2-c2ccccc21)C(C)C. The Kier molecular flexibility index (Phi) is 4.84. The number of esters is 1. The van der Waals surface area contributed by atoms with Crippen molar-refractivity contribution in [1.82, 2.24) is 0 Å². The first-order chi connectivity index (χ1) is 11.6. The van der Waals surface area contributed by atoms with Gasteiger partial charge < -0.3 is 4.74 Å². The number of allylic oxidation sites excluding steroid dienone is 1. The number of ether oxygens (including phenoxy) is 1. The summed E-state index contributed by atoms with van der Waals surface area (Å²) in [6, 6.07) is 16.8. The highest BCUT2D eigenvalue weighted by Crippen LogP contribution is 2.44. The molecule has 0 saturated carbocycles. The van der Waals surface area contributed by atoms with Gasteiger partial charge in [0, 0.05) is 5.92 Å². The van der Waals surface area contributed by atoms with Crippen molar-refractivity contribution in [2.75, 3.05) is 6.61 Å². The van der Waals surface area contributed by atoms with Gasteiger partial charge in [0.05, 0.1) is 5.92 Å². The molecule has 2 heteroatoms. The average molecular weight is 320 g/mol. The Labute approximate surface area is 144 Å². The number of carbonyl (C=O) groups excluding carboxylic acids is 1. The number of hydrogen-bond acceptors (Lipinski definition) is 2. The first-order valence-electron chi connectivity index (χ1n) is 8.59. The lowest BCUT2D eigenvalue weighted by atomic mass is 9.92. The lowest BCUT2D eigenvalue weighted by Gasteiger charge is -2.20. The maximum Gasteiger partial charge on any atom is 0.309 e. The van der Waals surface area contributed by atoms with E-state index in [4.69, 9.17) is 4.74 Å². The predicted octanol–water partition coefficient (Wildman–Crippen LogP) is 5.19. The minimum absolute atomic E-state index is 0.116. The van der Waals surface area contributed by atoms with E-state index in [0.29, 0.717) is 13.0 Å². The third kappa shape index (κ3) is 3.01. The number of hydrogen-bond donors (Lipinski definition) is 0. The Morgan fingerprint density at radius 2 is 1.62 bits per heavy atom. The Hall–Kier alpha value is -2.35. The molecule has 0 aromatic heterocycles. The van der Waals surface area contributed by atoms with Crippen molar-refractivity contribution in [2.24, 2.45) is 11.8 Å². The molecule has 0 spiro atoms. The summed E-state index contributed by atoms with van der Waals surface area (Å²) in [4.78, 5) is 12.5. The molecule has 0 N–H and O–H groups in total. The number of carbonyl (C=O) groups is 1. The number of benzene rings is 2. The second kappa shape index (κ2) is 7.04. The zero-order chi connectivity index (χ0) is 17.1. The van der Waals surface area contributed by atoms with Crippen molar-refractivity contribution >= 4 is 5.97 Å². The highest BCUT2D eigenvalue weighted by molar-refractivity contribution is 5.79. The predicted molar refractivity (Wildman–Crippen MR) is 97.8 cm³/mol. The van der Waals surface area contributed by atoms with Crippen LogP contribution >= 0.6 is 0 Å². The summed E-state index contributed by atoms with van der Waals surface area (Å²) in [5.74, 6) is 0.137. The fourth-order valence-electron chi connectivity index (χ4n) is 3.53. The van der Waals surface area contributed by atoms with E-state index >= 15 is 0 Å². The highest BCUT2D eigenvalue weighted by Gasteiger charge is 2.30. The van der Waals surface area contributed by atoms with Crippen LogP contribution in [0.2, 0.25) is 0 Å². The van der Waals surface area contributed by atoms with Crippen molar-refractivity contribution < 1.29 is 9.53 Å². The second-order valence-electron chi connectivity index (χ2n) is 6.73. The van der Waals surface area contributed by atoms with Crippen molar-refractivity contribution in [3.05, 3.63) is 72.3 Å². The van der Waals surface area contributed by atoms with E-state index in [9.17, 15) is 4.79 Å². The van der Waals surface area contributed by atoms with Gasteiger partial charge >= 0.3 is 5.97 Å². The van der Waals surface area contributed by atoms with Crippen LogP contribution in [0.4, 0.5) is 0 Å². The zero-order valence-electron chi connectivity index (χ0n) is 14.4. The third-order valence-electron chi connectivity index (χ3n) is 4.88. The first kappa shape index (κ1) is 16.5. The van der Waals surface area contributed by atoms with E-state index in [1.165, 1.54) is 22.3 Å². The molecule has 2 nitrogen and oxygen atoms in total. The molecule has 2 aromatic rings. The van der Waals surface area contributed by atoms with Gasteiger partial charge in [-0.25, -0.2) is 0 Å². The van der Waals surface area contributed by atoms with Crippen molar-refractivity contribution in [2.45, 2.75) is 26.2 Å². The Morgan fingerprint density at radius 1 is 1.08 bits per heavy atom. The molecule has 0 aliphatic heterocycles. The summed E-state index contributed by atoms with van der Waals surface area (Å²) in [5.41, 5.74) is 4.99. The molecule has 1 unspecified atom stereocenters. The largest absolute Gasteiger partial charge is 0.464 e. The van der Waals surface area contributed by atoms with Gasteiger partial charge in [0.15, 0.2) is 0 Å². The normalized spacial score (nSPS) is 14.1. The molecule has 0 radical (unpaired) electrons. The molecule has 24 heavy (non-hydrogen) atoms. The van der Waals surface area contributed by atoms with Crippen LogP contribution in [0.25, 0.3) is 11.1 Å². The number of fused-ring (bicyclic) bond motifs is 3. The zero-order valence-corrected chi connectivity index (χ0v) is 14.4. The minimum atomic E-state index is -0.119. The van der Waals surface area contributed by atoms with Crippen LogP contribution in [0.5, 0.6) is 0 Å². The molecule has 0 saturated heterocycles. The van der Waals surface area contributed by atoms with Gasteiger partial charge in [0.1, 0.15) is 6.61 Å². The fourth-order valence-corrected chi connectivity index (χ4v) is 3.53. The Morgan fingerprint density at radius 3 is 2.12 bits per heavy atom. The molecule has 2 aromatic carbocycles. The average Bonchev–Trinajstić information content (AvgIpc) is 2.91. The van der Waals surface area contributed by atoms with E-state index in [2.05, 4.69) is 56.8 Å². The summed E-state index contributed by atoms with van der Waals surface area (Å²) in [5, 5.41) is 0. The van der Waals surface area contributed by atoms with Gasteiger partial charge in [-0.2, -0.15) is 0 Å². The molecule has 0 heterocycles. The maximum absolute atomic E-state index is 12.5. The second-order valence-corrected chi connectivity index (χ2v) is 6.73. The minimum Gasteiger partial charge on any atom is -0.464 e. The molecule has 0 fully saturated rings. The molecule has 0 bridgehead atoms. The molecule has 124 valence electrons. The Balaban J connectivity index is 1.81. The van der Waals surface area contributed by atoms with E-state index in [0.717, 1.165) is 0 Å². The molecule has 3 rings (SSSR count). The summed E-state index contributed by atoms with van der Waals surface area (Å²) in [6.07, 6.45) is 2.46. The number of rotatable bonds is 6. The van der Waals surface area contributed by atoms with Gasteiger partial charge in [0.2, 0.25) is 0 Å². The third-order valence-corrected chi connectivity index (χ3v) is 4.88. The summed E-state index contributed by atoms with van der Waals surface area (Å²) in [7, 11) is 0. The van der Waals surface area contributed by atoms with Gasteiger partial charge in [-0.3, -0.25) is 4.79 Å². The molecule has 1 atom stereocenters. The van der Waals surface area contributed by atoms with Gasteiger partial charge in [-0.05, 0) is 34.6 Å². The van der Waals surface area contributed by atoms with E-state index in [1.54, 1.807) is 6.08 Å². The molecule has 1 aliphatic rings. The van der Waals surface area contributed by atoms with E-state index in [-0.39, 0.29) is 23.7 Å². The standard InChI is InChI=1S/C22H24O2/c1-4-9-16(15(2)3)22(23)24-14-21-19-12-7-5-10-17(19)18-11-6-8-13-20(18)21/h4-8,10-13,15-16,21H,1,9,14H2,2-3H3. The summed E-state index contributed by atoms with van der Waals surface area (Å²) < 4.78 is 5.73. The first-order valence-corrected chi connectivity index (χ1v) is 8.59. The van der Waals surface area contributed by atoms with Crippen LogP contribution in [0.15, 0.2) is 61.2 Å². The van der Waals surface area contributed by atoms with Crippen LogP contribution in [0.1, 0.15) is 37.3 Å². The van der Waals surface area contributed by atoms with Crippen LogP contribution < -0.4 is 0 Å². The van der Waals surface area contributed by atoms with Crippen LogP contribution in [-0.4, -0.2) is 12.6 Å². The van der Waals surface area contributed by atoms with Gasteiger partial charge in [-0.1, -0.05) is 68.5 Å². The van der Waals surface area contributed by atoms with Gasteiger partial charge in [0.25, 0.3) is 0 Å². The molecular formula is C22H24O2. The van der Waals surface area contributed by atoms with Crippen molar-refractivity contribution in [3.8, 4) is 11.1 Å². The van der Waals surface area contributed by atoms with Crippen LogP contribution in [0.3, 0.4) is 0 Å². The Bertz CT molecular complexity index is 700. The lowest BCUT2D eigenvalue weighted by Crippen LogP contribution is -2.24. The quantitative estimate of drug-likeness (QED) is 0.541. The van der Waals surface area contributed by atoms with Crippen LogP contribution in [0, 0.1) is 11.8 Å². The molecule has 1 aliphatic carbocycles.